The van der Waals surface area contributed by atoms with Crippen molar-refractivity contribution in [3.8, 4) is 11.8 Å². The molecule has 8 nitrogen and oxygen atoms in total. The van der Waals surface area contributed by atoms with Gasteiger partial charge in [0.15, 0.2) is 0 Å². The van der Waals surface area contributed by atoms with Crippen molar-refractivity contribution in [3.63, 3.8) is 0 Å². The van der Waals surface area contributed by atoms with Crippen LogP contribution in [0, 0.1) is 22.6 Å². The Bertz CT molecular complexity index is 1840. The van der Waals surface area contributed by atoms with E-state index in [1.165, 1.54) is 24.3 Å². The Morgan fingerprint density at radius 1 is 1.14 bits per heavy atom. The summed E-state index contributed by atoms with van der Waals surface area (Å²) in [5.41, 5.74) is 1.08. The predicted octanol–water partition coefficient (Wildman–Crippen LogP) is 7.08. The molecule has 2 amide bonds. The van der Waals surface area contributed by atoms with E-state index in [0.29, 0.717) is 50.9 Å². The Morgan fingerprint density at radius 3 is 2.55 bits per heavy atom. The minimum absolute atomic E-state index is 0.0807. The lowest BCUT2D eigenvalue weighted by Gasteiger charge is -2.14. The summed E-state index contributed by atoms with van der Waals surface area (Å²) >= 11 is 19.0. The summed E-state index contributed by atoms with van der Waals surface area (Å²) in [4.78, 5) is 30.3. The number of nitrogens with zero attached hydrogens (tertiary/aromatic N) is 3. The Hall–Kier alpha value is -3.98. The second kappa shape index (κ2) is 12.6. The maximum atomic E-state index is 13.6. The fourth-order valence-corrected chi connectivity index (χ4v) is 5.36. The number of imidazole rings is 1. The minimum Gasteiger partial charge on any atom is -0.487 e. The number of nitrogens with one attached hydrogen (secondary N) is 2. The molecule has 0 bridgehead atoms. The van der Waals surface area contributed by atoms with Crippen molar-refractivity contribution in [2.24, 2.45) is 12.5 Å². The van der Waals surface area contributed by atoms with Crippen molar-refractivity contribution in [1.82, 2.24) is 14.9 Å². The third-order valence-electron chi connectivity index (χ3n) is 7.30. The molecule has 0 radical (unpaired) electrons. The summed E-state index contributed by atoms with van der Waals surface area (Å²) in [5.74, 6) is -1.37. The number of halogens is 6. The summed E-state index contributed by atoms with van der Waals surface area (Å²) in [6.45, 7) is -0.862. The first kappa shape index (κ1) is 31.4. The van der Waals surface area contributed by atoms with E-state index in [1.54, 1.807) is 23.7 Å². The Kier molecular flexibility index (Phi) is 8.97. The normalized spacial score (nSPS) is 13.5. The van der Waals surface area contributed by atoms with Gasteiger partial charge in [-0.15, -0.1) is 0 Å². The topological polar surface area (TPSA) is 109 Å². The van der Waals surface area contributed by atoms with Crippen LogP contribution in [0.4, 0.5) is 18.9 Å². The second-order valence-corrected chi connectivity index (χ2v) is 11.5. The first-order valence-electron chi connectivity index (χ1n) is 13.2. The van der Waals surface area contributed by atoms with Gasteiger partial charge >= 0.3 is 0 Å². The number of alkyl halides is 2. The lowest BCUT2D eigenvalue weighted by atomic mass is 10.1. The highest BCUT2D eigenvalue weighted by atomic mass is 35.5. The highest BCUT2D eigenvalue weighted by Gasteiger charge is 2.50. The van der Waals surface area contributed by atoms with Crippen LogP contribution >= 0.6 is 34.8 Å². The fraction of sp³-hybridized carbons (Fsp3) is 0.267. The fourth-order valence-electron chi connectivity index (χ4n) is 4.61. The first-order valence-corrected chi connectivity index (χ1v) is 14.4. The van der Waals surface area contributed by atoms with Gasteiger partial charge in [-0.1, -0.05) is 40.9 Å². The molecule has 0 aliphatic heterocycles. The number of nitriles is 1. The maximum absolute atomic E-state index is 13.6. The average Bonchev–Trinajstić information content (AvgIpc) is 3.74. The van der Waals surface area contributed by atoms with Gasteiger partial charge in [-0.25, -0.2) is 18.2 Å². The molecule has 44 heavy (non-hydrogen) atoms. The number of ether oxygens (including phenoxy) is 1. The third-order valence-corrected chi connectivity index (χ3v) is 8.42. The SMILES string of the molecule is Cn1c(Cc2c(Cl)ccc(CNC(=O)C3(C#N)CC3)c2Cl)nc2cc(C(=O)Nc3ccc(F)c(Cl)c3)c(OCC(F)F)cc21. The molecule has 0 saturated heterocycles. The highest BCUT2D eigenvalue weighted by molar-refractivity contribution is 6.36. The van der Waals surface area contributed by atoms with Crippen LogP contribution in [0.25, 0.3) is 11.0 Å². The molecule has 5 rings (SSSR count). The smallest absolute Gasteiger partial charge is 0.272 e. The van der Waals surface area contributed by atoms with Gasteiger partial charge in [0.05, 0.1) is 32.7 Å². The second-order valence-electron chi connectivity index (χ2n) is 10.3. The van der Waals surface area contributed by atoms with Crippen molar-refractivity contribution < 1.29 is 27.5 Å². The molecule has 4 aromatic rings. The Morgan fingerprint density at radius 2 is 1.89 bits per heavy atom. The molecule has 14 heteroatoms. The zero-order chi connectivity index (χ0) is 31.8. The predicted molar refractivity (Wildman–Crippen MR) is 160 cm³/mol. The Labute approximate surface area is 264 Å². The lowest BCUT2D eigenvalue weighted by Crippen LogP contribution is -2.30. The highest BCUT2D eigenvalue weighted by Crippen LogP contribution is 2.45. The molecule has 0 unspecified atom stereocenters. The van der Waals surface area contributed by atoms with Gasteiger partial charge in [0.25, 0.3) is 12.3 Å². The number of aromatic nitrogens is 2. The standard InChI is InChI=1S/C30H23Cl3F3N5O3/c1-41-23-11-24(44-13-25(35)36)18(28(42)39-16-3-5-21(34)20(32)8-16)9-22(23)40-26(41)10-17-19(31)4-2-15(27(17)33)12-38-29(43)30(14-37)6-7-30/h2-5,8-9,11,25H,6-7,10,12-13H2,1H3,(H,38,43)(H,39,42). The number of rotatable bonds is 10. The van der Waals surface area contributed by atoms with E-state index in [-0.39, 0.29) is 40.9 Å². The molecule has 1 heterocycles. The lowest BCUT2D eigenvalue weighted by molar-refractivity contribution is -0.124. The summed E-state index contributed by atoms with van der Waals surface area (Å²) in [7, 11) is 1.70. The largest absolute Gasteiger partial charge is 0.487 e. The zero-order valence-corrected chi connectivity index (χ0v) is 25.3. The molecular formula is C30H23Cl3F3N5O3. The van der Waals surface area contributed by atoms with Crippen molar-refractivity contribution in [2.45, 2.75) is 32.2 Å². The third kappa shape index (κ3) is 6.43. The summed E-state index contributed by atoms with van der Waals surface area (Å²) in [5, 5.41) is 15.1. The van der Waals surface area contributed by atoms with Crippen LogP contribution in [-0.4, -0.2) is 34.4 Å². The summed E-state index contributed by atoms with van der Waals surface area (Å²) in [6.07, 6.45) is -1.62. The molecule has 1 saturated carbocycles. The van der Waals surface area contributed by atoms with E-state index in [0.717, 1.165) is 6.07 Å². The van der Waals surface area contributed by atoms with Crippen LogP contribution in [0.2, 0.25) is 15.1 Å². The number of benzene rings is 3. The van der Waals surface area contributed by atoms with Gasteiger partial charge in [-0.3, -0.25) is 9.59 Å². The molecular weight excluding hydrogens is 642 g/mol. The van der Waals surface area contributed by atoms with E-state index < -0.39 is 30.2 Å². The molecule has 1 aliphatic carbocycles. The molecule has 0 atom stereocenters. The first-order chi connectivity index (χ1) is 20.9. The number of anilines is 1. The minimum atomic E-state index is -2.80. The molecule has 0 spiro atoms. The van der Waals surface area contributed by atoms with Crippen molar-refractivity contribution in [2.75, 3.05) is 11.9 Å². The number of hydrogen-bond donors (Lipinski definition) is 2. The van der Waals surface area contributed by atoms with Crippen LogP contribution in [0.15, 0.2) is 42.5 Å². The molecule has 228 valence electrons. The summed E-state index contributed by atoms with van der Waals surface area (Å²) < 4.78 is 46.7. The van der Waals surface area contributed by atoms with E-state index in [9.17, 15) is 28.0 Å². The van der Waals surface area contributed by atoms with Crippen LogP contribution in [-0.2, 0) is 24.8 Å². The average molecular weight is 665 g/mol. The van der Waals surface area contributed by atoms with Crippen molar-refractivity contribution >= 4 is 63.3 Å². The van der Waals surface area contributed by atoms with Crippen LogP contribution in [0.3, 0.4) is 0 Å². The molecule has 1 aliphatic rings. The van der Waals surface area contributed by atoms with Gasteiger partial charge in [0.2, 0.25) is 5.91 Å². The van der Waals surface area contributed by atoms with Gasteiger partial charge in [-0.2, -0.15) is 5.26 Å². The Balaban J connectivity index is 1.45. The van der Waals surface area contributed by atoms with E-state index in [2.05, 4.69) is 21.7 Å². The van der Waals surface area contributed by atoms with Crippen LogP contribution in [0.1, 0.15) is 40.2 Å². The molecule has 2 N–H and O–H groups in total. The molecule has 3 aromatic carbocycles. The number of amides is 2. The number of carbonyl (C=O) groups excluding carboxylic acids is 2. The monoisotopic (exact) mass is 663 g/mol. The molecule has 1 aromatic heterocycles. The quantitative estimate of drug-likeness (QED) is 0.188. The van der Waals surface area contributed by atoms with Gasteiger partial charge in [0.1, 0.15) is 29.4 Å². The number of fused-ring (bicyclic) bond motifs is 1. The van der Waals surface area contributed by atoms with Gasteiger partial charge in [-0.05, 0) is 54.3 Å². The zero-order valence-electron chi connectivity index (χ0n) is 23.0. The number of hydrogen-bond acceptors (Lipinski definition) is 5. The van der Waals surface area contributed by atoms with Crippen molar-refractivity contribution in [1.29, 1.82) is 5.26 Å². The number of carbonyl (C=O) groups is 2. The number of aryl methyl sites for hydroxylation is 1. The van der Waals surface area contributed by atoms with Crippen LogP contribution in [0.5, 0.6) is 5.75 Å². The van der Waals surface area contributed by atoms with Crippen molar-refractivity contribution in [3.05, 3.63) is 85.9 Å². The van der Waals surface area contributed by atoms with E-state index in [1.807, 2.05) is 0 Å². The van der Waals surface area contributed by atoms with Gasteiger partial charge in [0, 0.05) is 36.8 Å². The van der Waals surface area contributed by atoms with E-state index >= 15 is 0 Å². The maximum Gasteiger partial charge on any atom is 0.272 e. The molecule has 1 fully saturated rings. The van der Waals surface area contributed by atoms with Gasteiger partial charge < -0.3 is 19.9 Å². The van der Waals surface area contributed by atoms with E-state index in [4.69, 9.17) is 39.5 Å². The summed E-state index contributed by atoms with van der Waals surface area (Å²) in [6, 6.07) is 11.8. The van der Waals surface area contributed by atoms with Crippen LogP contribution < -0.4 is 15.4 Å².